The van der Waals surface area contributed by atoms with Crippen LogP contribution in [-0.2, 0) is 4.79 Å². The second-order valence-corrected chi connectivity index (χ2v) is 2.93. The highest BCUT2D eigenvalue weighted by Gasteiger charge is 2.14. The average molecular weight is 214 g/mol. The Labute approximate surface area is 85.7 Å². The van der Waals surface area contributed by atoms with Gasteiger partial charge in [0, 0.05) is 0 Å². The first-order valence-corrected chi connectivity index (χ1v) is 4.22. The van der Waals surface area contributed by atoms with Crippen LogP contribution in [-0.4, -0.2) is 23.2 Å². The third-order valence-corrected chi connectivity index (χ3v) is 1.80. The number of nitrogens with two attached hydrogens (primary N) is 1. The van der Waals surface area contributed by atoms with E-state index in [4.69, 9.17) is 10.8 Å². The Morgan fingerprint density at radius 1 is 1.73 bits per heavy atom. The van der Waals surface area contributed by atoms with Crippen molar-refractivity contribution in [3.05, 3.63) is 23.6 Å². The molecule has 1 aromatic heterocycles. The van der Waals surface area contributed by atoms with Gasteiger partial charge in [-0.05, 0) is 12.1 Å². The molecule has 0 aliphatic heterocycles. The largest absolute Gasteiger partial charge is 0.481 e. The number of carbonyl (C=O) groups is 1. The van der Waals surface area contributed by atoms with Crippen LogP contribution in [0.15, 0.2) is 12.1 Å². The molecule has 0 aliphatic carbocycles. The predicted molar refractivity (Wildman–Crippen MR) is 49.9 cm³/mol. The van der Waals surface area contributed by atoms with Crippen molar-refractivity contribution in [2.24, 2.45) is 5.73 Å². The zero-order valence-electron chi connectivity index (χ0n) is 8.11. The number of rotatable bonds is 4. The molecule has 15 heavy (non-hydrogen) atoms. The first kappa shape index (κ1) is 11.4. The van der Waals surface area contributed by atoms with Gasteiger partial charge in [0.1, 0.15) is 0 Å². The van der Waals surface area contributed by atoms with E-state index in [2.05, 4.69) is 9.72 Å². The molecule has 1 heterocycles. The van der Waals surface area contributed by atoms with Crippen LogP contribution in [0.4, 0.5) is 4.39 Å². The van der Waals surface area contributed by atoms with E-state index in [9.17, 15) is 9.18 Å². The number of nitrogens with zero attached hydrogens (tertiary/aromatic N) is 1. The van der Waals surface area contributed by atoms with Crippen molar-refractivity contribution in [1.82, 2.24) is 4.98 Å². The van der Waals surface area contributed by atoms with Crippen LogP contribution in [0, 0.1) is 5.82 Å². The summed E-state index contributed by atoms with van der Waals surface area (Å²) in [5.41, 5.74) is 5.84. The highest BCUT2D eigenvalue weighted by molar-refractivity contribution is 5.67. The molecule has 0 saturated carbocycles. The van der Waals surface area contributed by atoms with Gasteiger partial charge in [-0.15, -0.1) is 0 Å². The van der Waals surface area contributed by atoms with E-state index in [-0.39, 0.29) is 18.0 Å². The molecule has 3 N–H and O–H groups in total. The highest BCUT2D eigenvalue weighted by atomic mass is 19.1. The summed E-state index contributed by atoms with van der Waals surface area (Å²) in [6, 6.07) is 1.71. The smallest absolute Gasteiger partial charge is 0.305 e. The topological polar surface area (TPSA) is 85.4 Å². The Morgan fingerprint density at radius 2 is 2.40 bits per heavy atom. The SMILES string of the molecule is COc1nc(C(N)CC(=O)O)ccc1F. The van der Waals surface area contributed by atoms with E-state index in [0.29, 0.717) is 0 Å². The van der Waals surface area contributed by atoms with Gasteiger partial charge in [0.15, 0.2) is 5.82 Å². The summed E-state index contributed by atoms with van der Waals surface area (Å²) in [5, 5.41) is 8.51. The molecule has 1 atom stereocenters. The van der Waals surface area contributed by atoms with Gasteiger partial charge in [-0.2, -0.15) is 0 Å². The van der Waals surface area contributed by atoms with Gasteiger partial charge in [-0.25, -0.2) is 9.37 Å². The van der Waals surface area contributed by atoms with Crippen molar-refractivity contribution in [2.45, 2.75) is 12.5 Å². The molecule has 0 bridgehead atoms. The van der Waals surface area contributed by atoms with Crippen molar-refractivity contribution in [3.8, 4) is 5.88 Å². The molecule has 0 aliphatic rings. The van der Waals surface area contributed by atoms with Gasteiger partial charge < -0.3 is 15.6 Å². The van der Waals surface area contributed by atoms with Gasteiger partial charge in [0.2, 0.25) is 5.88 Å². The predicted octanol–water partition coefficient (Wildman–Crippen LogP) is 0.704. The minimum absolute atomic E-state index is 0.187. The lowest BCUT2D eigenvalue weighted by molar-refractivity contribution is -0.137. The maximum atomic E-state index is 13.0. The molecule has 0 fully saturated rings. The number of hydrogen-bond donors (Lipinski definition) is 2. The number of methoxy groups -OCH3 is 1. The molecular weight excluding hydrogens is 203 g/mol. The first-order valence-electron chi connectivity index (χ1n) is 4.22. The van der Waals surface area contributed by atoms with E-state index in [1.165, 1.54) is 13.2 Å². The Kier molecular flexibility index (Phi) is 3.56. The number of carboxylic acid groups (broad SMARTS) is 1. The molecular formula is C9H11FN2O3. The van der Waals surface area contributed by atoms with E-state index in [0.717, 1.165) is 6.07 Å². The summed E-state index contributed by atoms with van der Waals surface area (Å²) in [6.07, 6.45) is -0.262. The standard InChI is InChI=1S/C9H11FN2O3/c1-15-9-5(10)2-3-7(12-9)6(11)4-8(13)14/h2-3,6H,4,11H2,1H3,(H,13,14). The molecule has 0 saturated heterocycles. The monoisotopic (exact) mass is 214 g/mol. The maximum absolute atomic E-state index is 13.0. The molecule has 0 amide bonds. The molecule has 1 unspecified atom stereocenters. The Bertz CT molecular complexity index is 370. The second kappa shape index (κ2) is 4.70. The van der Waals surface area contributed by atoms with Crippen LogP contribution < -0.4 is 10.5 Å². The number of halogens is 1. The number of carboxylic acids is 1. The average Bonchev–Trinajstić information content (AvgIpc) is 2.17. The summed E-state index contributed by atoms with van der Waals surface area (Å²) in [4.78, 5) is 14.1. The molecule has 0 radical (unpaired) electrons. The molecule has 0 spiro atoms. The summed E-state index contributed by atoms with van der Waals surface area (Å²) >= 11 is 0. The quantitative estimate of drug-likeness (QED) is 0.770. The van der Waals surface area contributed by atoms with Crippen molar-refractivity contribution < 1.29 is 19.0 Å². The van der Waals surface area contributed by atoms with E-state index in [1.54, 1.807) is 0 Å². The molecule has 6 heteroatoms. The van der Waals surface area contributed by atoms with Crippen LogP contribution in [0.2, 0.25) is 0 Å². The minimum Gasteiger partial charge on any atom is -0.481 e. The molecule has 82 valence electrons. The van der Waals surface area contributed by atoms with Crippen LogP contribution in [0.25, 0.3) is 0 Å². The van der Waals surface area contributed by atoms with Gasteiger partial charge in [0.25, 0.3) is 0 Å². The van der Waals surface area contributed by atoms with Crippen LogP contribution >= 0.6 is 0 Å². The van der Waals surface area contributed by atoms with Crippen molar-refractivity contribution >= 4 is 5.97 Å². The summed E-state index contributed by atoms with van der Waals surface area (Å²) in [7, 11) is 1.28. The Hall–Kier alpha value is -1.69. The Balaban J connectivity index is 2.90. The fraction of sp³-hybridized carbons (Fsp3) is 0.333. The van der Waals surface area contributed by atoms with Crippen molar-refractivity contribution in [1.29, 1.82) is 0 Å². The van der Waals surface area contributed by atoms with Crippen LogP contribution in [0.5, 0.6) is 5.88 Å². The number of aromatic nitrogens is 1. The lowest BCUT2D eigenvalue weighted by Gasteiger charge is -2.09. The van der Waals surface area contributed by atoms with Gasteiger partial charge in [-0.3, -0.25) is 4.79 Å². The number of ether oxygens (including phenoxy) is 1. The highest BCUT2D eigenvalue weighted by Crippen LogP contribution is 2.18. The third kappa shape index (κ3) is 2.88. The van der Waals surface area contributed by atoms with Crippen molar-refractivity contribution in [2.75, 3.05) is 7.11 Å². The number of hydrogen-bond acceptors (Lipinski definition) is 4. The normalized spacial score (nSPS) is 12.2. The Morgan fingerprint density at radius 3 is 2.93 bits per heavy atom. The molecule has 1 rings (SSSR count). The fourth-order valence-electron chi connectivity index (χ4n) is 1.08. The lowest BCUT2D eigenvalue weighted by atomic mass is 10.1. The van der Waals surface area contributed by atoms with Crippen LogP contribution in [0.1, 0.15) is 18.2 Å². The fourth-order valence-corrected chi connectivity index (χ4v) is 1.08. The third-order valence-electron chi connectivity index (χ3n) is 1.80. The van der Waals surface area contributed by atoms with Crippen molar-refractivity contribution in [3.63, 3.8) is 0 Å². The molecule has 1 aromatic rings. The number of pyridine rings is 1. The van der Waals surface area contributed by atoms with Gasteiger partial charge >= 0.3 is 5.97 Å². The molecule has 5 nitrogen and oxygen atoms in total. The summed E-state index contributed by atoms with van der Waals surface area (Å²) in [5.74, 6) is -1.83. The zero-order valence-corrected chi connectivity index (χ0v) is 8.11. The second-order valence-electron chi connectivity index (χ2n) is 2.93. The summed E-state index contributed by atoms with van der Waals surface area (Å²) in [6.45, 7) is 0. The molecule has 0 aromatic carbocycles. The minimum atomic E-state index is -1.03. The first-order chi connectivity index (χ1) is 7.04. The number of aliphatic carboxylic acids is 1. The lowest BCUT2D eigenvalue weighted by Crippen LogP contribution is -2.16. The van der Waals surface area contributed by atoms with E-state index >= 15 is 0 Å². The van der Waals surface area contributed by atoms with Crippen LogP contribution in [0.3, 0.4) is 0 Å². The summed E-state index contributed by atoms with van der Waals surface area (Å²) < 4.78 is 17.6. The zero-order chi connectivity index (χ0) is 11.4. The van der Waals surface area contributed by atoms with Gasteiger partial charge in [0.05, 0.1) is 25.3 Å². The maximum Gasteiger partial charge on any atom is 0.305 e. The van der Waals surface area contributed by atoms with E-state index in [1.807, 2.05) is 0 Å². The van der Waals surface area contributed by atoms with E-state index < -0.39 is 17.8 Å². The van der Waals surface area contributed by atoms with Gasteiger partial charge in [-0.1, -0.05) is 0 Å².